The number of benzene rings is 2. The maximum Gasteiger partial charge on any atom is 0.266 e. The van der Waals surface area contributed by atoms with Crippen molar-refractivity contribution in [1.29, 1.82) is 0 Å². The van der Waals surface area contributed by atoms with Crippen LogP contribution in [0.4, 0.5) is 5.13 Å². The number of rotatable bonds is 5. The Bertz CT molecular complexity index is 1470. The first-order valence-electron chi connectivity index (χ1n) is 10.7. The summed E-state index contributed by atoms with van der Waals surface area (Å²) in [5, 5.41) is 5.28. The summed E-state index contributed by atoms with van der Waals surface area (Å²) in [6, 6.07) is 15.2. The molecular weight excluding hydrogens is 468 g/mol. The van der Waals surface area contributed by atoms with Gasteiger partial charge in [0, 0.05) is 18.0 Å². The van der Waals surface area contributed by atoms with Crippen LogP contribution in [0.25, 0.3) is 21.5 Å². The molecule has 5 rings (SSSR count). The molecule has 3 heterocycles. The lowest BCUT2D eigenvalue weighted by Crippen LogP contribution is -2.31. The van der Waals surface area contributed by atoms with Gasteiger partial charge in [0.1, 0.15) is 17.0 Å². The average molecular weight is 489 g/mol. The van der Waals surface area contributed by atoms with E-state index >= 15 is 0 Å². The van der Waals surface area contributed by atoms with Crippen LogP contribution in [0.15, 0.2) is 65.4 Å². The summed E-state index contributed by atoms with van der Waals surface area (Å²) in [5.74, 6) is 0.163. The molecule has 34 heavy (non-hydrogen) atoms. The van der Waals surface area contributed by atoms with E-state index < -0.39 is 0 Å². The number of halogens is 1. The van der Waals surface area contributed by atoms with Gasteiger partial charge in [-0.15, -0.1) is 0 Å². The fraction of sp³-hybridized carbons (Fsp3) is 0.154. The Kier molecular flexibility index (Phi) is 5.89. The molecule has 0 radical (unpaired) electrons. The number of hydrogen-bond acceptors (Lipinski definition) is 6. The number of amides is 1. The van der Waals surface area contributed by atoms with Crippen LogP contribution in [-0.4, -0.2) is 21.0 Å². The first-order valence-corrected chi connectivity index (χ1v) is 11.9. The first-order chi connectivity index (χ1) is 16.4. The summed E-state index contributed by atoms with van der Waals surface area (Å²) in [6.45, 7) is 6.11. The Morgan fingerprint density at radius 1 is 1.06 bits per heavy atom. The van der Waals surface area contributed by atoms with Crippen LogP contribution in [0.5, 0.6) is 0 Å². The highest BCUT2D eigenvalue weighted by Crippen LogP contribution is 2.37. The third kappa shape index (κ3) is 3.97. The number of aromatic nitrogens is 3. The van der Waals surface area contributed by atoms with Crippen LogP contribution in [0.2, 0.25) is 5.02 Å². The highest BCUT2D eigenvalue weighted by atomic mass is 35.5. The van der Waals surface area contributed by atoms with Crippen molar-refractivity contribution in [3.8, 4) is 11.3 Å². The Balaban J connectivity index is 1.66. The second-order valence-electron chi connectivity index (χ2n) is 8.07. The molecule has 1 amide bonds. The monoisotopic (exact) mass is 488 g/mol. The van der Waals surface area contributed by atoms with E-state index in [1.165, 1.54) is 11.3 Å². The maximum atomic E-state index is 14.1. The molecule has 0 saturated heterocycles. The van der Waals surface area contributed by atoms with Crippen molar-refractivity contribution in [1.82, 2.24) is 15.1 Å². The lowest BCUT2D eigenvalue weighted by Gasteiger charge is -2.20. The van der Waals surface area contributed by atoms with Crippen LogP contribution in [0.3, 0.4) is 0 Å². The van der Waals surface area contributed by atoms with E-state index in [0.717, 1.165) is 26.9 Å². The third-order valence-electron chi connectivity index (χ3n) is 5.68. The van der Waals surface area contributed by atoms with Gasteiger partial charge in [0.25, 0.3) is 5.91 Å². The summed E-state index contributed by atoms with van der Waals surface area (Å²) < 4.78 is 6.54. The Morgan fingerprint density at radius 3 is 2.59 bits per heavy atom. The van der Waals surface area contributed by atoms with E-state index in [2.05, 4.69) is 23.1 Å². The SMILES string of the molecule is Cc1onc(-c2ccccc2Cl)c1C(=O)N(Cc1cccnc1)c1nc2c(C)ccc(C)c2s1. The molecule has 3 aromatic heterocycles. The van der Waals surface area contributed by atoms with Crippen molar-refractivity contribution in [2.45, 2.75) is 27.3 Å². The minimum Gasteiger partial charge on any atom is -0.360 e. The van der Waals surface area contributed by atoms with E-state index in [-0.39, 0.29) is 5.91 Å². The zero-order valence-electron chi connectivity index (χ0n) is 18.9. The largest absolute Gasteiger partial charge is 0.360 e. The number of pyridine rings is 1. The third-order valence-corrected chi connectivity index (χ3v) is 7.22. The van der Waals surface area contributed by atoms with Gasteiger partial charge >= 0.3 is 0 Å². The zero-order valence-corrected chi connectivity index (χ0v) is 20.4. The van der Waals surface area contributed by atoms with Crippen molar-refractivity contribution >= 4 is 44.2 Å². The minimum absolute atomic E-state index is 0.258. The van der Waals surface area contributed by atoms with E-state index in [1.807, 2.05) is 43.3 Å². The topological polar surface area (TPSA) is 72.1 Å². The van der Waals surface area contributed by atoms with E-state index in [9.17, 15) is 4.79 Å². The second kappa shape index (κ2) is 9.00. The molecule has 5 aromatic rings. The number of anilines is 1. The van der Waals surface area contributed by atoms with Crippen LogP contribution in [0.1, 0.15) is 32.8 Å². The highest BCUT2D eigenvalue weighted by Gasteiger charge is 2.30. The van der Waals surface area contributed by atoms with Gasteiger partial charge in [-0.2, -0.15) is 0 Å². The van der Waals surface area contributed by atoms with Crippen molar-refractivity contribution < 1.29 is 9.32 Å². The van der Waals surface area contributed by atoms with Gasteiger partial charge in [-0.05, 0) is 49.6 Å². The molecule has 170 valence electrons. The smallest absolute Gasteiger partial charge is 0.266 e. The van der Waals surface area contributed by atoms with Crippen molar-refractivity contribution in [3.63, 3.8) is 0 Å². The molecule has 0 aliphatic heterocycles. The Hall–Kier alpha value is -3.55. The van der Waals surface area contributed by atoms with Crippen LogP contribution in [0, 0.1) is 20.8 Å². The van der Waals surface area contributed by atoms with Gasteiger partial charge in [-0.1, -0.05) is 64.5 Å². The molecule has 0 N–H and O–H groups in total. The summed E-state index contributed by atoms with van der Waals surface area (Å²) in [7, 11) is 0. The molecule has 0 aliphatic rings. The van der Waals surface area contributed by atoms with Crippen molar-refractivity contribution in [3.05, 3.63) is 94.0 Å². The molecule has 6 nitrogen and oxygen atoms in total. The van der Waals surface area contributed by atoms with Gasteiger partial charge in [-0.3, -0.25) is 14.7 Å². The van der Waals surface area contributed by atoms with Gasteiger partial charge in [-0.25, -0.2) is 4.98 Å². The van der Waals surface area contributed by atoms with Gasteiger partial charge < -0.3 is 4.52 Å². The van der Waals surface area contributed by atoms with Gasteiger partial charge in [0.2, 0.25) is 0 Å². The number of carbonyl (C=O) groups is 1. The lowest BCUT2D eigenvalue weighted by atomic mass is 10.0. The highest BCUT2D eigenvalue weighted by molar-refractivity contribution is 7.22. The first kappa shape index (κ1) is 22.3. The second-order valence-corrected chi connectivity index (χ2v) is 9.45. The fourth-order valence-corrected chi connectivity index (χ4v) is 5.19. The molecule has 0 unspecified atom stereocenters. The number of aryl methyl sites for hydroxylation is 3. The average Bonchev–Trinajstić information content (AvgIpc) is 3.45. The predicted molar refractivity (Wildman–Crippen MR) is 136 cm³/mol. The summed E-state index contributed by atoms with van der Waals surface area (Å²) in [4.78, 5) is 24.9. The Labute approximate surface area is 205 Å². The van der Waals surface area contributed by atoms with Crippen LogP contribution in [-0.2, 0) is 6.54 Å². The van der Waals surface area contributed by atoms with Crippen molar-refractivity contribution in [2.75, 3.05) is 4.90 Å². The maximum absolute atomic E-state index is 14.1. The number of nitrogens with zero attached hydrogens (tertiary/aromatic N) is 4. The molecular formula is C26H21ClN4O2S. The fourth-order valence-electron chi connectivity index (χ4n) is 3.86. The van der Waals surface area contributed by atoms with E-state index in [0.29, 0.717) is 39.3 Å². The van der Waals surface area contributed by atoms with E-state index in [1.54, 1.807) is 30.3 Å². The lowest BCUT2D eigenvalue weighted by molar-refractivity contribution is 0.0984. The summed E-state index contributed by atoms with van der Waals surface area (Å²) in [6.07, 6.45) is 3.46. The molecule has 0 bridgehead atoms. The van der Waals surface area contributed by atoms with Gasteiger partial charge in [0.15, 0.2) is 5.13 Å². The number of carbonyl (C=O) groups excluding carboxylic acids is 1. The summed E-state index contributed by atoms with van der Waals surface area (Å²) >= 11 is 7.93. The molecule has 0 aliphatic carbocycles. The number of thiazole rings is 1. The van der Waals surface area contributed by atoms with Crippen LogP contribution >= 0.6 is 22.9 Å². The number of hydrogen-bond donors (Lipinski definition) is 0. The molecule has 0 spiro atoms. The predicted octanol–water partition coefficient (Wildman–Crippen LogP) is 6.77. The summed E-state index contributed by atoms with van der Waals surface area (Å²) in [5.41, 5.74) is 5.39. The van der Waals surface area contributed by atoms with Crippen molar-refractivity contribution in [2.24, 2.45) is 0 Å². The molecule has 2 aromatic carbocycles. The quantitative estimate of drug-likeness (QED) is 0.273. The number of fused-ring (bicyclic) bond motifs is 1. The van der Waals surface area contributed by atoms with Crippen LogP contribution < -0.4 is 4.90 Å². The molecule has 0 fully saturated rings. The molecule has 8 heteroatoms. The Morgan fingerprint density at radius 2 is 1.85 bits per heavy atom. The standard InChI is InChI=1S/C26H21ClN4O2S/c1-15-10-11-16(2)24-22(15)29-26(34-24)31(14-18-7-6-12-28-13-18)25(32)21-17(3)33-30-23(21)19-8-4-5-9-20(19)27/h4-13H,14H2,1-3H3. The zero-order chi connectivity index (χ0) is 23.8. The molecule has 0 saturated carbocycles. The molecule has 0 atom stereocenters. The normalized spacial score (nSPS) is 11.2. The minimum atomic E-state index is -0.258. The van der Waals surface area contributed by atoms with E-state index in [4.69, 9.17) is 21.1 Å². The van der Waals surface area contributed by atoms with Gasteiger partial charge in [0.05, 0.1) is 21.8 Å².